The SMILES string of the molecule is CC/C=C\C/C=C\CCCCC(=O)OCC(COC(=O)CCCCCCCCC/C=C\CCCCCCCC)OC(=O)CCCCCCCCCCCCCCCCC. The highest BCUT2D eigenvalue weighted by Crippen LogP contribution is 2.16. The molecule has 0 spiro atoms. The summed E-state index contributed by atoms with van der Waals surface area (Å²) >= 11 is 0. The van der Waals surface area contributed by atoms with Gasteiger partial charge in [-0.25, -0.2) is 0 Å². The smallest absolute Gasteiger partial charge is 0.306 e. The molecule has 0 radical (unpaired) electrons. The number of ether oxygens (including phenoxy) is 3. The van der Waals surface area contributed by atoms with Crippen LogP contribution in [0.25, 0.3) is 0 Å². The number of carbonyl (C=O) groups excluding carboxylic acids is 3. The molecular weight excluding hydrogens is 733 g/mol. The molecule has 0 bridgehead atoms. The predicted octanol–water partition coefficient (Wildman–Crippen LogP) is 16.5. The van der Waals surface area contributed by atoms with Crippen molar-refractivity contribution < 1.29 is 28.6 Å². The molecule has 0 aliphatic heterocycles. The minimum Gasteiger partial charge on any atom is -0.462 e. The Kier molecular flexibility index (Phi) is 46.4. The number of allylic oxidation sites excluding steroid dienone is 6. The number of esters is 3. The monoisotopic (exact) mass is 829 g/mol. The molecule has 6 nitrogen and oxygen atoms in total. The molecule has 0 fully saturated rings. The highest BCUT2D eigenvalue weighted by Gasteiger charge is 2.19. The molecule has 0 saturated carbocycles. The van der Waals surface area contributed by atoms with Crippen LogP contribution in [0, 0.1) is 0 Å². The lowest BCUT2D eigenvalue weighted by molar-refractivity contribution is -0.167. The van der Waals surface area contributed by atoms with Crippen LogP contribution in [-0.2, 0) is 28.6 Å². The molecule has 0 aromatic rings. The maximum absolute atomic E-state index is 12.8. The Bertz CT molecular complexity index is 1000. The Hall–Kier alpha value is -2.37. The van der Waals surface area contributed by atoms with E-state index in [2.05, 4.69) is 57.2 Å². The highest BCUT2D eigenvalue weighted by atomic mass is 16.6. The van der Waals surface area contributed by atoms with Crippen LogP contribution in [0.3, 0.4) is 0 Å². The summed E-state index contributed by atoms with van der Waals surface area (Å²) in [6, 6.07) is 0. The molecule has 1 unspecified atom stereocenters. The number of carbonyl (C=O) groups is 3. The first-order chi connectivity index (χ1) is 29.0. The van der Waals surface area contributed by atoms with Crippen molar-refractivity contribution in [3.63, 3.8) is 0 Å². The van der Waals surface area contributed by atoms with Crippen LogP contribution >= 0.6 is 0 Å². The van der Waals surface area contributed by atoms with E-state index >= 15 is 0 Å². The van der Waals surface area contributed by atoms with Crippen molar-refractivity contribution in [2.45, 2.75) is 271 Å². The van der Waals surface area contributed by atoms with Gasteiger partial charge in [0, 0.05) is 19.3 Å². The van der Waals surface area contributed by atoms with E-state index < -0.39 is 6.10 Å². The second-order valence-electron chi connectivity index (χ2n) is 17.1. The van der Waals surface area contributed by atoms with Crippen LogP contribution < -0.4 is 0 Å². The van der Waals surface area contributed by atoms with Crippen LogP contribution in [0.5, 0.6) is 0 Å². The van der Waals surface area contributed by atoms with E-state index in [0.717, 1.165) is 70.6 Å². The summed E-state index contributed by atoms with van der Waals surface area (Å²) in [6.45, 7) is 6.50. The summed E-state index contributed by atoms with van der Waals surface area (Å²) in [5, 5.41) is 0. The largest absolute Gasteiger partial charge is 0.462 e. The molecule has 6 heteroatoms. The zero-order valence-corrected chi connectivity index (χ0v) is 39.3. The van der Waals surface area contributed by atoms with E-state index in [-0.39, 0.29) is 31.1 Å². The topological polar surface area (TPSA) is 78.9 Å². The van der Waals surface area contributed by atoms with Gasteiger partial charge in [-0.15, -0.1) is 0 Å². The Morgan fingerprint density at radius 1 is 0.356 bits per heavy atom. The third-order valence-electron chi connectivity index (χ3n) is 11.1. The van der Waals surface area contributed by atoms with Crippen molar-refractivity contribution in [1.82, 2.24) is 0 Å². The van der Waals surface area contributed by atoms with Gasteiger partial charge in [-0.05, 0) is 70.6 Å². The summed E-state index contributed by atoms with van der Waals surface area (Å²) in [7, 11) is 0. The molecule has 59 heavy (non-hydrogen) atoms. The quantitative estimate of drug-likeness (QED) is 0.0263. The molecule has 0 rings (SSSR count). The van der Waals surface area contributed by atoms with Gasteiger partial charge in [0.15, 0.2) is 6.10 Å². The lowest BCUT2D eigenvalue weighted by atomic mass is 10.0. The molecule has 344 valence electrons. The molecular formula is C53H96O6. The maximum Gasteiger partial charge on any atom is 0.306 e. The van der Waals surface area contributed by atoms with E-state index in [1.54, 1.807) is 0 Å². The molecule has 1 atom stereocenters. The Morgan fingerprint density at radius 2 is 0.661 bits per heavy atom. The van der Waals surface area contributed by atoms with Gasteiger partial charge in [0.2, 0.25) is 0 Å². The zero-order valence-electron chi connectivity index (χ0n) is 39.3. The number of unbranched alkanes of at least 4 members (excludes halogenated alkanes) is 29. The first kappa shape index (κ1) is 56.6. The maximum atomic E-state index is 12.8. The molecule has 0 aromatic heterocycles. The Labute approximate surface area is 365 Å². The zero-order chi connectivity index (χ0) is 43.0. The normalized spacial score (nSPS) is 12.3. The first-order valence-electron chi connectivity index (χ1n) is 25.5. The summed E-state index contributed by atoms with van der Waals surface area (Å²) in [4.78, 5) is 37.8. The van der Waals surface area contributed by atoms with Crippen molar-refractivity contribution in [3.05, 3.63) is 36.5 Å². The Balaban J connectivity index is 4.31. The molecule has 0 aliphatic rings. The number of hydrogen-bond acceptors (Lipinski definition) is 6. The fourth-order valence-corrected chi connectivity index (χ4v) is 7.30. The lowest BCUT2D eigenvalue weighted by Gasteiger charge is -2.18. The summed E-state index contributed by atoms with van der Waals surface area (Å²) < 4.78 is 16.7. The van der Waals surface area contributed by atoms with Gasteiger partial charge in [-0.3, -0.25) is 14.4 Å². The van der Waals surface area contributed by atoms with Gasteiger partial charge in [0.25, 0.3) is 0 Å². The molecule has 0 heterocycles. The average molecular weight is 829 g/mol. The van der Waals surface area contributed by atoms with Crippen molar-refractivity contribution in [2.75, 3.05) is 13.2 Å². The van der Waals surface area contributed by atoms with Crippen LogP contribution in [0.4, 0.5) is 0 Å². The van der Waals surface area contributed by atoms with Gasteiger partial charge < -0.3 is 14.2 Å². The predicted molar refractivity (Wildman–Crippen MR) is 252 cm³/mol. The van der Waals surface area contributed by atoms with Gasteiger partial charge in [0.05, 0.1) is 0 Å². The van der Waals surface area contributed by atoms with Crippen molar-refractivity contribution in [1.29, 1.82) is 0 Å². The molecule has 0 N–H and O–H groups in total. The summed E-state index contributed by atoms with van der Waals surface area (Å²) in [6.07, 6.45) is 55.7. The van der Waals surface area contributed by atoms with Crippen LogP contribution in [0.15, 0.2) is 36.5 Å². The lowest BCUT2D eigenvalue weighted by Crippen LogP contribution is -2.30. The van der Waals surface area contributed by atoms with Gasteiger partial charge >= 0.3 is 17.9 Å². The van der Waals surface area contributed by atoms with Gasteiger partial charge in [0.1, 0.15) is 13.2 Å². The fraction of sp³-hybridized carbons (Fsp3) is 0.830. The average Bonchev–Trinajstić information content (AvgIpc) is 3.23. The number of rotatable bonds is 46. The Morgan fingerprint density at radius 3 is 1.07 bits per heavy atom. The third kappa shape index (κ3) is 46.5. The van der Waals surface area contributed by atoms with Gasteiger partial charge in [-0.2, -0.15) is 0 Å². The summed E-state index contributed by atoms with van der Waals surface area (Å²) in [5.74, 6) is -0.915. The highest BCUT2D eigenvalue weighted by molar-refractivity contribution is 5.71. The first-order valence-corrected chi connectivity index (χ1v) is 25.5. The van der Waals surface area contributed by atoms with Crippen molar-refractivity contribution in [2.24, 2.45) is 0 Å². The summed E-state index contributed by atoms with van der Waals surface area (Å²) in [5.41, 5.74) is 0. The van der Waals surface area contributed by atoms with E-state index in [9.17, 15) is 14.4 Å². The van der Waals surface area contributed by atoms with Crippen molar-refractivity contribution in [3.8, 4) is 0 Å². The molecule has 0 saturated heterocycles. The molecule has 0 amide bonds. The van der Waals surface area contributed by atoms with Gasteiger partial charge in [-0.1, -0.05) is 211 Å². The van der Waals surface area contributed by atoms with E-state index in [0.29, 0.717) is 19.3 Å². The van der Waals surface area contributed by atoms with E-state index in [4.69, 9.17) is 14.2 Å². The minimum atomic E-state index is -0.781. The fourth-order valence-electron chi connectivity index (χ4n) is 7.30. The van der Waals surface area contributed by atoms with E-state index in [1.807, 2.05) is 0 Å². The van der Waals surface area contributed by atoms with Crippen molar-refractivity contribution >= 4 is 17.9 Å². The molecule has 0 aliphatic carbocycles. The number of hydrogen-bond donors (Lipinski definition) is 0. The van der Waals surface area contributed by atoms with Crippen LogP contribution in [0.1, 0.15) is 265 Å². The second-order valence-corrected chi connectivity index (χ2v) is 17.1. The second kappa shape index (κ2) is 48.3. The minimum absolute atomic E-state index is 0.0820. The third-order valence-corrected chi connectivity index (χ3v) is 11.1. The van der Waals surface area contributed by atoms with E-state index in [1.165, 1.54) is 154 Å². The van der Waals surface area contributed by atoms with Crippen LogP contribution in [-0.4, -0.2) is 37.2 Å². The standard InChI is InChI=1S/C53H96O6/c1-4-7-10-13-16-19-21-23-25-26-28-29-31-34-37-40-43-46-52(55)58-49-50(48-57-51(54)45-42-39-36-33-18-15-12-9-6-3)59-53(56)47-44-41-38-35-32-30-27-24-22-20-17-14-11-8-5-2/h9,12,18,23,25,33,50H,4-8,10-11,13-17,19-22,24,26-32,34-49H2,1-3H3/b12-9-,25-23-,33-18-. The molecule has 0 aromatic carbocycles. The van der Waals surface area contributed by atoms with Crippen LogP contribution in [0.2, 0.25) is 0 Å².